The van der Waals surface area contributed by atoms with Crippen LogP contribution < -0.4 is 4.90 Å². The molecular weight excluding hydrogens is 350 g/mol. The Morgan fingerprint density at radius 3 is 2.46 bits per heavy atom. The molecule has 0 amide bonds. The lowest BCUT2D eigenvalue weighted by molar-refractivity contribution is 0.0114. The monoisotopic (exact) mass is 377 g/mol. The number of fused-ring (bicyclic) bond motifs is 1. The Kier molecular flexibility index (Phi) is 4.74. The molecule has 146 valence electrons. The lowest BCUT2D eigenvalue weighted by atomic mass is 10.0. The maximum absolute atomic E-state index is 5.52. The first-order valence-corrected chi connectivity index (χ1v) is 10.3. The second kappa shape index (κ2) is 7.53. The van der Waals surface area contributed by atoms with E-state index in [9.17, 15) is 0 Å². The van der Waals surface area contributed by atoms with E-state index in [4.69, 9.17) is 14.8 Å². The second-order valence-corrected chi connectivity index (χ2v) is 7.79. The quantitative estimate of drug-likeness (QED) is 0.702. The highest BCUT2D eigenvalue weighted by atomic mass is 16.5. The van der Waals surface area contributed by atoms with Crippen LogP contribution in [-0.2, 0) is 4.74 Å². The van der Waals surface area contributed by atoms with Crippen LogP contribution in [0.25, 0.3) is 16.9 Å². The van der Waals surface area contributed by atoms with Gasteiger partial charge < -0.3 is 9.64 Å². The first-order valence-electron chi connectivity index (χ1n) is 10.3. The summed E-state index contributed by atoms with van der Waals surface area (Å²) in [6.07, 6.45) is 2.37. The number of rotatable bonds is 3. The third-order valence-electron chi connectivity index (χ3n) is 5.95. The van der Waals surface area contributed by atoms with E-state index in [1.54, 1.807) is 0 Å². The number of nitrogens with zero attached hydrogens (tertiary/aromatic N) is 5. The smallest absolute Gasteiger partial charge is 0.158 e. The Balaban J connectivity index is 1.43. The van der Waals surface area contributed by atoms with E-state index in [0.717, 1.165) is 67.8 Å². The molecule has 0 unspecified atom stereocenters. The van der Waals surface area contributed by atoms with Gasteiger partial charge in [0.25, 0.3) is 0 Å². The van der Waals surface area contributed by atoms with E-state index >= 15 is 0 Å². The Labute approximate surface area is 165 Å². The minimum Gasteiger partial charge on any atom is -0.379 e. The molecule has 2 aliphatic rings. The molecule has 5 rings (SSSR count). The van der Waals surface area contributed by atoms with Crippen LogP contribution in [0, 0.1) is 6.92 Å². The summed E-state index contributed by atoms with van der Waals surface area (Å²) in [5.74, 6) is 1.15. The van der Waals surface area contributed by atoms with Gasteiger partial charge in [0.1, 0.15) is 5.82 Å². The van der Waals surface area contributed by atoms with Gasteiger partial charge in [0.2, 0.25) is 0 Å². The molecule has 2 fully saturated rings. The number of anilines is 1. The van der Waals surface area contributed by atoms with Crippen molar-refractivity contribution in [3.05, 3.63) is 48.2 Å². The van der Waals surface area contributed by atoms with Crippen LogP contribution in [0.15, 0.2) is 42.5 Å². The second-order valence-electron chi connectivity index (χ2n) is 7.79. The molecule has 6 heteroatoms. The number of piperidine rings is 1. The first kappa shape index (κ1) is 17.6. The summed E-state index contributed by atoms with van der Waals surface area (Å²) < 4.78 is 7.53. The molecule has 2 saturated heterocycles. The number of hydrogen-bond acceptors (Lipinski definition) is 5. The Bertz CT molecular complexity index is 940. The van der Waals surface area contributed by atoms with Gasteiger partial charge in [-0.2, -0.15) is 9.61 Å². The molecule has 2 aromatic heterocycles. The Morgan fingerprint density at radius 2 is 1.71 bits per heavy atom. The molecule has 0 atom stereocenters. The number of hydrogen-bond donors (Lipinski definition) is 0. The van der Waals surface area contributed by atoms with Crippen molar-refractivity contribution >= 4 is 11.5 Å². The third-order valence-corrected chi connectivity index (χ3v) is 5.95. The fraction of sp³-hybridized carbons (Fsp3) is 0.455. The fourth-order valence-electron chi connectivity index (χ4n) is 4.46. The zero-order valence-corrected chi connectivity index (χ0v) is 16.4. The van der Waals surface area contributed by atoms with Crippen molar-refractivity contribution in [1.29, 1.82) is 0 Å². The average Bonchev–Trinajstić information content (AvgIpc) is 3.14. The van der Waals surface area contributed by atoms with Gasteiger partial charge in [0.15, 0.2) is 5.65 Å². The molecule has 2 aliphatic heterocycles. The lowest BCUT2D eigenvalue weighted by Crippen LogP contribution is -2.49. The summed E-state index contributed by atoms with van der Waals surface area (Å²) in [6, 6.07) is 15.4. The zero-order valence-electron chi connectivity index (χ0n) is 16.4. The SMILES string of the molecule is Cc1cc2nc(-c3ccccc3)cc(N3CCC(N4CCOCC4)CC3)n2n1. The summed E-state index contributed by atoms with van der Waals surface area (Å²) in [5.41, 5.74) is 4.08. The predicted molar refractivity (Wildman–Crippen MR) is 111 cm³/mol. The van der Waals surface area contributed by atoms with Crippen molar-refractivity contribution in [2.45, 2.75) is 25.8 Å². The standard InChI is InChI=1S/C22H27N5O/c1-17-15-21-23-20(18-5-3-2-4-6-18)16-22(27(21)24-17)26-9-7-19(8-10-26)25-11-13-28-14-12-25/h2-6,15-16,19H,7-14H2,1H3. The molecule has 28 heavy (non-hydrogen) atoms. The van der Waals surface area contributed by atoms with Gasteiger partial charge in [-0.05, 0) is 19.8 Å². The summed E-state index contributed by atoms with van der Waals surface area (Å²) in [5, 5.41) is 4.72. The average molecular weight is 377 g/mol. The maximum Gasteiger partial charge on any atom is 0.158 e. The highest BCUT2D eigenvalue weighted by Gasteiger charge is 2.27. The largest absolute Gasteiger partial charge is 0.379 e. The Hall–Kier alpha value is -2.44. The molecule has 0 spiro atoms. The summed E-state index contributed by atoms with van der Waals surface area (Å²) in [4.78, 5) is 9.95. The highest BCUT2D eigenvalue weighted by Crippen LogP contribution is 2.28. The number of benzene rings is 1. The van der Waals surface area contributed by atoms with Gasteiger partial charge in [-0.3, -0.25) is 4.90 Å². The molecular formula is C22H27N5O. The van der Waals surface area contributed by atoms with E-state index in [0.29, 0.717) is 6.04 Å². The number of morpholine rings is 1. The summed E-state index contributed by atoms with van der Waals surface area (Å²) in [7, 11) is 0. The van der Waals surface area contributed by atoms with Gasteiger partial charge in [0, 0.05) is 49.9 Å². The lowest BCUT2D eigenvalue weighted by Gasteiger charge is -2.40. The van der Waals surface area contributed by atoms with Crippen LogP contribution >= 0.6 is 0 Å². The van der Waals surface area contributed by atoms with Crippen molar-refractivity contribution in [1.82, 2.24) is 19.5 Å². The van der Waals surface area contributed by atoms with Crippen LogP contribution in [0.1, 0.15) is 18.5 Å². The topological polar surface area (TPSA) is 45.9 Å². The van der Waals surface area contributed by atoms with E-state index in [2.05, 4.69) is 46.2 Å². The summed E-state index contributed by atoms with van der Waals surface area (Å²) in [6.45, 7) is 8.02. The molecule has 0 N–H and O–H groups in total. The van der Waals surface area contributed by atoms with Crippen LogP contribution in [0.2, 0.25) is 0 Å². The first-order chi connectivity index (χ1) is 13.8. The van der Waals surface area contributed by atoms with Crippen LogP contribution in [0.3, 0.4) is 0 Å². The van der Waals surface area contributed by atoms with Gasteiger partial charge >= 0.3 is 0 Å². The van der Waals surface area contributed by atoms with Crippen molar-refractivity contribution in [2.24, 2.45) is 0 Å². The van der Waals surface area contributed by atoms with Gasteiger partial charge in [0.05, 0.1) is 24.6 Å². The summed E-state index contributed by atoms with van der Waals surface area (Å²) >= 11 is 0. The van der Waals surface area contributed by atoms with Gasteiger partial charge in [-0.25, -0.2) is 4.98 Å². The molecule has 3 aromatic rings. The minimum atomic E-state index is 0.672. The molecule has 6 nitrogen and oxygen atoms in total. The number of aromatic nitrogens is 3. The Morgan fingerprint density at radius 1 is 0.964 bits per heavy atom. The third kappa shape index (κ3) is 3.38. The number of aryl methyl sites for hydroxylation is 1. The van der Waals surface area contributed by atoms with Crippen molar-refractivity contribution in [3.63, 3.8) is 0 Å². The van der Waals surface area contributed by atoms with Crippen molar-refractivity contribution in [2.75, 3.05) is 44.3 Å². The van der Waals surface area contributed by atoms with Crippen LogP contribution in [-0.4, -0.2) is 64.9 Å². The van der Waals surface area contributed by atoms with Crippen LogP contribution in [0.4, 0.5) is 5.82 Å². The molecule has 4 heterocycles. The zero-order chi connectivity index (χ0) is 18.9. The molecule has 0 bridgehead atoms. The van der Waals surface area contributed by atoms with Crippen molar-refractivity contribution in [3.8, 4) is 11.3 Å². The van der Waals surface area contributed by atoms with E-state index in [1.165, 1.54) is 12.8 Å². The van der Waals surface area contributed by atoms with Gasteiger partial charge in [-0.1, -0.05) is 30.3 Å². The molecule has 1 aromatic carbocycles. The normalized spacial score (nSPS) is 19.4. The van der Waals surface area contributed by atoms with Crippen LogP contribution in [0.5, 0.6) is 0 Å². The highest BCUT2D eigenvalue weighted by molar-refractivity contribution is 5.67. The number of ether oxygens (including phenoxy) is 1. The molecule has 0 radical (unpaired) electrons. The van der Waals surface area contributed by atoms with Crippen molar-refractivity contribution < 1.29 is 4.74 Å². The maximum atomic E-state index is 5.52. The molecule has 0 saturated carbocycles. The van der Waals surface area contributed by atoms with Gasteiger partial charge in [-0.15, -0.1) is 0 Å². The fourth-order valence-corrected chi connectivity index (χ4v) is 4.46. The predicted octanol–water partition coefficient (Wildman–Crippen LogP) is 3.01. The van der Waals surface area contributed by atoms with E-state index < -0.39 is 0 Å². The van der Waals surface area contributed by atoms with E-state index in [1.807, 2.05) is 17.5 Å². The van der Waals surface area contributed by atoms with E-state index in [-0.39, 0.29) is 0 Å². The molecule has 0 aliphatic carbocycles. The minimum absolute atomic E-state index is 0.672.